The maximum atomic E-state index is 12.8. The van der Waals surface area contributed by atoms with Crippen LogP contribution in [0.5, 0.6) is 0 Å². The zero-order valence-corrected chi connectivity index (χ0v) is 14.8. The average molecular weight is 359 g/mol. The Morgan fingerprint density at radius 2 is 2.00 bits per heavy atom. The third-order valence-electron chi connectivity index (χ3n) is 5.73. The number of carbonyl (C=O) groups is 1. The first-order valence-electron chi connectivity index (χ1n) is 8.98. The molecule has 2 saturated carbocycles. The van der Waals surface area contributed by atoms with Crippen LogP contribution in [0.2, 0.25) is 5.02 Å². The van der Waals surface area contributed by atoms with E-state index in [4.69, 9.17) is 17.3 Å². The lowest BCUT2D eigenvalue weighted by Crippen LogP contribution is -2.48. The Labute approximate surface area is 152 Å². The van der Waals surface area contributed by atoms with Crippen LogP contribution < -0.4 is 11.1 Å². The van der Waals surface area contributed by atoms with E-state index >= 15 is 0 Å². The Kier molecular flexibility index (Phi) is 4.52. The van der Waals surface area contributed by atoms with E-state index in [-0.39, 0.29) is 17.9 Å². The van der Waals surface area contributed by atoms with Crippen molar-refractivity contribution in [1.82, 2.24) is 9.78 Å². The van der Waals surface area contributed by atoms with Gasteiger partial charge in [0.15, 0.2) is 0 Å². The Bertz CT molecular complexity index is 760. The third-order valence-corrected chi connectivity index (χ3v) is 5.97. The van der Waals surface area contributed by atoms with Crippen molar-refractivity contribution in [2.45, 2.75) is 38.1 Å². The van der Waals surface area contributed by atoms with Gasteiger partial charge in [0, 0.05) is 23.0 Å². The van der Waals surface area contributed by atoms with Crippen LogP contribution >= 0.6 is 11.6 Å². The number of nitrogens with two attached hydrogens (primary N) is 1. The molecule has 5 nitrogen and oxygen atoms in total. The summed E-state index contributed by atoms with van der Waals surface area (Å²) in [4.78, 5) is 12.8. The molecule has 4 rings (SSSR count). The first kappa shape index (κ1) is 16.6. The minimum absolute atomic E-state index is 0.0396. The predicted octanol–water partition coefficient (Wildman–Crippen LogP) is 3.62. The van der Waals surface area contributed by atoms with E-state index in [1.165, 1.54) is 6.42 Å². The summed E-state index contributed by atoms with van der Waals surface area (Å²) in [5, 5.41) is 8.02. The predicted molar refractivity (Wildman–Crippen MR) is 98.7 cm³/mol. The fourth-order valence-electron chi connectivity index (χ4n) is 4.44. The fourth-order valence-corrected chi connectivity index (χ4v) is 4.63. The van der Waals surface area contributed by atoms with E-state index in [0.717, 1.165) is 31.4 Å². The van der Waals surface area contributed by atoms with E-state index in [1.54, 1.807) is 10.9 Å². The summed E-state index contributed by atoms with van der Waals surface area (Å²) in [6.45, 7) is 0. The number of nitrogens with zero attached hydrogens (tertiary/aromatic N) is 2. The van der Waals surface area contributed by atoms with Crippen molar-refractivity contribution >= 4 is 23.3 Å². The van der Waals surface area contributed by atoms with E-state index in [0.29, 0.717) is 22.7 Å². The third kappa shape index (κ3) is 3.31. The Hall–Kier alpha value is -1.85. The molecule has 2 fully saturated rings. The second-order valence-electron chi connectivity index (χ2n) is 7.29. The van der Waals surface area contributed by atoms with Crippen LogP contribution in [0.4, 0.5) is 5.82 Å². The summed E-state index contributed by atoms with van der Waals surface area (Å²) < 4.78 is 1.71. The van der Waals surface area contributed by atoms with Crippen LogP contribution in [-0.4, -0.2) is 21.7 Å². The quantitative estimate of drug-likeness (QED) is 0.880. The van der Waals surface area contributed by atoms with Crippen LogP contribution in [0, 0.1) is 17.8 Å². The zero-order chi connectivity index (χ0) is 17.4. The molecule has 25 heavy (non-hydrogen) atoms. The average Bonchev–Trinajstić information content (AvgIpc) is 3.02. The number of fused-ring (bicyclic) bond motifs is 2. The van der Waals surface area contributed by atoms with Gasteiger partial charge in [-0.15, -0.1) is 0 Å². The molecule has 2 aromatic rings. The highest BCUT2D eigenvalue weighted by molar-refractivity contribution is 6.30. The molecule has 6 heteroatoms. The molecule has 0 spiro atoms. The number of amides is 1. The number of carbonyl (C=O) groups excluding carboxylic acids is 1. The number of halogens is 1. The molecule has 2 aliphatic carbocycles. The molecule has 3 N–H and O–H groups in total. The van der Waals surface area contributed by atoms with Gasteiger partial charge in [-0.05, 0) is 55.7 Å². The lowest BCUT2D eigenvalue weighted by atomic mass is 9.65. The van der Waals surface area contributed by atoms with Gasteiger partial charge in [0.05, 0.1) is 11.9 Å². The van der Waals surface area contributed by atoms with Gasteiger partial charge in [0.1, 0.15) is 5.82 Å². The summed E-state index contributed by atoms with van der Waals surface area (Å²) in [5.41, 5.74) is 7.17. The number of anilines is 1. The van der Waals surface area contributed by atoms with Crippen LogP contribution in [0.25, 0.3) is 5.69 Å². The maximum Gasteiger partial charge on any atom is 0.228 e. The normalized spacial score (nSPS) is 28.6. The van der Waals surface area contributed by atoms with Gasteiger partial charge in [-0.1, -0.05) is 24.1 Å². The molecule has 132 valence electrons. The molecule has 1 aromatic heterocycles. The largest absolute Gasteiger partial charge is 0.327 e. The van der Waals surface area contributed by atoms with Crippen LogP contribution in [0.15, 0.2) is 36.5 Å². The highest BCUT2D eigenvalue weighted by atomic mass is 35.5. The van der Waals surface area contributed by atoms with E-state index < -0.39 is 0 Å². The van der Waals surface area contributed by atoms with Gasteiger partial charge in [-0.3, -0.25) is 4.79 Å². The van der Waals surface area contributed by atoms with Crippen LogP contribution in [-0.2, 0) is 4.79 Å². The molecule has 2 aliphatic rings. The second kappa shape index (κ2) is 6.81. The Morgan fingerprint density at radius 1 is 1.24 bits per heavy atom. The lowest BCUT2D eigenvalue weighted by molar-refractivity contribution is -0.122. The SMILES string of the molecule is NC1C2CCCC1CC(C(=O)Nc1ccnn1-c1cccc(Cl)c1)C2. The van der Waals surface area contributed by atoms with Gasteiger partial charge in [-0.2, -0.15) is 5.10 Å². The molecule has 1 aromatic carbocycles. The number of benzene rings is 1. The number of hydrogen-bond donors (Lipinski definition) is 2. The number of hydrogen-bond acceptors (Lipinski definition) is 3. The van der Waals surface area contributed by atoms with Gasteiger partial charge in [-0.25, -0.2) is 4.68 Å². The first-order chi connectivity index (χ1) is 12.1. The van der Waals surface area contributed by atoms with Gasteiger partial charge >= 0.3 is 0 Å². The van der Waals surface area contributed by atoms with Crippen molar-refractivity contribution < 1.29 is 4.79 Å². The lowest BCUT2D eigenvalue weighted by Gasteiger charge is -2.43. The molecule has 1 amide bonds. The number of rotatable bonds is 3. The van der Waals surface area contributed by atoms with Crippen molar-refractivity contribution in [1.29, 1.82) is 0 Å². The molecule has 2 bridgehead atoms. The number of nitrogens with one attached hydrogen (secondary N) is 1. The molecule has 0 radical (unpaired) electrons. The standard InChI is InChI=1S/C19H23ClN4O/c20-15-5-2-6-16(11-15)24-17(7-8-22-24)23-19(25)14-9-12-3-1-4-13(10-14)18(12)21/h2,5-8,11-14,18H,1,3-4,9-10,21H2,(H,23,25). The van der Waals surface area contributed by atoms with Crippen molar-refractivity contribution in [3.8, 4) is 5.69 Å². The van der Waals surface area contributed by atoms with Crippen molar-refractivity contribution in [2.24, 2.45) is 23.5 Å². The van der Waals surface area contributed by atoms with E-state index in [2.05, 4.69) is 10.4 Å². The maximum absolute atomic E-state index is 12.8. The first-order valence-corrected chi connectivity index (χ1v) is 9.36. The molecule has 0 saturated heterocycles. The molecule has 2 atom stereocenters. The Morgan fingerprint density at radius 3 is 2.72 bits per heavy atom. The monoisotopic (exact) mass is 358 g/mol. The fraction of sp³-hybridized carbons (Fsp3) is 0.474. The minimum Gasteiger partial charge on any atom is -0.327 e. The smallest absolute Gasteiger partial charge is 0.228 e. The van der Waals surface area contributed by atoms with Crippen LogP contribution in [0.3, 0.4) is 0 Å². The van der Waals surface area contributed by atoms with Crippen LogP contribution in [0.1, 0.15) is 32.1 Å². The molecular formula is C19H23ClN4O. The summed E-state index contributed by atoms with van der Waals surface area (Å²) >= 11 is 6.07. The molecule has 1 heterocycles. The summed E-state index contributed by atoms with van der Waals surface area (Å²) in [6.07, 6.45) is 7.04. The van der Waals surface area contributed by atoms with Gasteiger partial charge in [0.25, 0.3) is 0 Å². The topological polar surface area (TPSA) is 72.9 Å². The summed E-state index contributed by atoms with van der Waals surface area (Å²) in [7, 11) is 0. The number of aromatic nitrogens is 2. The van der Waals surface area contributed by atoms with Gasteiger partial charge in [0.2, 0.25) is 5.91 Å². The minimum atomic E-state index is 0.0396. The van der Waals surface area contributed by atoms with Gasteiger partial charge < -0.3 is 11.1 Å². The van der Waals surface area contributed by atoms with E-state index in [1.807, 2.05) is 30.3 Å². The summed E-state index contributed by atoms with van der Waals surface area (Å²) in [5.74, 6) is 1.76. The van der Waals surface area contributed by atoms with E-state index in [9.17, 15) is 4.79 Å². The molecule has 2 unspecified atom stereocenters. The highest BCUT2D eigenvalue weighted by Gasteiger charge is 2.40. The highest BCUT2D eigenvalue weighted by Crippen LogP contribution is 2.42. The molecule has 0 aliphatic heterocycles. The zero-order valence-electron chi connectivity index (χ0n) is 14.1. The van der Waals surface area contributed by atoms with Crippen molar-refractivity contribution in [2.75, 3.05) is 5.32 Å². The van der Waals surface area contributed by atoms with Crippen molar-refractivity contribution in [3.63, 3.8) is 0 Å². The second-order valence-corrected chi connectivity index (χ2v) is 7.73. The Balaban J connectivity index is 1.50. The molecular weight excluding hydrogens is 336 g/mol. The van der Waals surface area contributed by atoms with Crippen molar-refractivity contribution in [3.05, 3.63) is 41.6 Å². The summed E-state index contributed by atoms with van der Waals surface area (Å²) in [6, 6.07) is 9.52.